The van der Waals surface area contributed by atoms with Gasteiger partial charge in [0.15, 0.2) is 0 Å². The number of pyridine rings is 1. The van der Waals surface area contributed by atoms with Crippen LogP contribution in [-0.2, 0) is 6.54 Å². The van der Waals surface area contributed by atoms with Gasteiger partial charge in [-0.15, -0.1) is 12.3 Å². The number of nitrogens with zero attached hydrogens (tertiary/aromatic N) is 1. The molecule has 0 aliphatic carbocycles. The normalized spacial score (nSPS) is 9.53. The predicted molar refractivity (Wildman–Crippen MR) is 55.7 cm³/mol. The highest BCUT2D eigenvalue weighted by Crippen LogP contribution is 1.99. The highest BCUT2D eigenvalue weighted by molar-refractivity contribution is 5.85. The topological polar surface area (TPSA) is 59.3 Å². The number of hydrogen-bond donors (Lipinski definition) is 1. The molecule has 15 heavy (non-hydrogen) atoms. The summed E-state index contributed by atoms with van der Waals surface area (Å²) in [5, 5.41) is 8.85. The van der Waals surface area contributed by atoms with E-state index in [0.29, 0.717) is 19.4 Å². The molecule has 1 aromatic rings. The first-order valence-corrected chi connectivity index (χ1v) is 4.53. The van der Waals surface area contributed by atoms with Crippen molar-refractivity contribution in [1.82, 2.24) is 4.57 Å². The lowest BCUT2D eigenvalue weighted by atomic mass is 10.3. The van der Waals surface area contributed by atoms with Gasteiger partial charge in [-0.3, -0.25) is 4.79 Å². The molecule has 1 N–H and O–H groups in total. The van der Waals surface area contributed by atoms with E-state index in [2.05, 4.69) is 5.92 Å². The van der Waals surface area contributed by atoms with Crippen molar-refractivity contribution in [1.29, 1.82) is 0 Å². The Morgan fingerprint density at radius 3 is 2.87 bits per heavy atom. The number of terminal acetylenes is 1. The minimum atomic E-state index is -1.10. The first kappa shape index (κ1) is 11.1. The molecule has 0 bridgehead atoms. The van der Waals surface area contributed by atoms with Crippen LogP contribution in [0.5, 0.6) is 0 Å². The summed E-state index contributed by atoms with van der Waals surface area (Å²) in [5.74, 6) is 1.34. The summed E-state index contributed by atoms with van der Waals surface area (Å²) in [6.45, 7) is 0.339. The fraction of sp³-hybridized carbons (Fsp3) is 0.273. The monoisotopic (exact) mass is 205 g/mol. The number of unbranched alkanes of at least 4 members (excludes halogenated alkanes) is 1. The molecule has 0 saturated heterocycles. The second kappa shape index (κ2) is 5.01. The van der Waals surface area contributed by atoms with Gasteiger partial charge in [-0.2, -0.15) is 0 Å². The molecule has 78 valence electrons. The van der Waals surface area contributed by atoms with Crippen LogP contribution >= 0.6 is 0 Å². The number of aromatic carboxylic acids is 1. The zero-order valence-corrected chi connectivity index (χ0v) is 8.14. The van der Waals surface area contributed by atoms with E-state index < -0.39 is 5.97 Å². The number of rotatable bonds is 4. The maximum absolute atomic E-state index is 11.4. The van der Waals surface area contributed by atoms with Gasteiger partial charge in [0.05, 0.1) is 0 Å². The summed E-state index contributed by atoms with van der Waals surface area (Å²) in [6, 6.07) is 4.17. The second-order valence-corrected chi connectivity index (χ2v) is 3.01. The Kier molecular flexibility index (Phi) is 3.69. The van der Waals surface area contributed by atoms with Gasteiger partial charge in [-0.25, -0.2) is 4.79 Å². The van der Waals surface area contributed by atoms with Crippen molar-refractivity contribution in [2.45, 2.75) is 19.4 Å². The van der Waals surface area contributed by atoms with E-state index in [1.54, 1.807) is 0 Å². The van der Waals surface area contributed by atoms with Gasteiger partial charge >= 0.3 is 5.97 Å². The largest absolute Gasteiger partial charge is 0.477 e. The number of carboxylic acid groups (broad SMARTS) is 1. The van der Waals surface area contributed by atoms with E-state index >= 15 is 0 Å². The van der Waals surface area contributed by atoms with Crippen LogP contribution in [0.25, 0.3) is 0 Å². The predicted octanol–water partition coefficient (Wildman–Crippen LogP) is 0.960. The Labute approximate surface area is 87.2 Å². The van der Waals surface area contributed by atoms with Crippen molar-refractivity contribution in [3.63, 3.8) is 0 Å². The molecule has 0 spiro atoms. The van der Waals surface area contributed by atoms with Gasteiger partial charge in [0, 0.05) is 19.0 Å². The molecule has 1 rings (SSSR count). The van der Waals surface area contributed by atoms with E-state index in [-0.39, 0.29) is 11.3 Å². The maximum Gasteiger partial charge on any atom is 0.352 e. The Bertz CT molecular complexity index is 454. The molecule has 0 unspecified atom stereocenters. The lowest BCUT2D eigenvalue weighted by Crippen LogP contribution is -2.24. The van der Waals surface area contributed by atoms with E-state index in [0.717, 1.165) is 0 Å². The molecule has 0 aliphatic heterocycles. The van der Waals surface area contributed by atoms with E-state index in [1.807, 2.05) is 0 Å². The number of aromatic nitrogens is 1. The number of carbonyl (C=O) groups is 1. The average molecular weight is 205 g/mol. The molecule has 0 aliphatic rings. The molecule has 0 saturated carbocycles. The third-order valence-electron chi connectivity index (χ3n) is 1.97. The molecular weight excluding hydrogens is 194 g/mol. The van der Waals surface area contributed by atoms with Crippen molar-refractivity contribution in [2.24, 2.45) is 0 Å². The summed E-state index contributed by atoms with van der Waals surface area (Å²) >= 11 is 0. The summed E-state index contributed by atoms with van der Waals surface area (Å²) in [6.07, 6.45) is 6.20. The summed E-state index contributed by atoms with van der Waals surface area (Å²) in [5.41, 5.74) is -0.313. The first-order valence-electron chi connectivity index (χ1n) is 4.53. The molecule has 1 aromatic heterocycles. The molecule has 0 amide bonds. The standard InChI is InChI=1S/C11H11NO3/c1-2-3-4-8-12-9(11(14)15)6-5-7-10(12)13/h1,5-7H,3-4,8H2,(H,14,15). The zero-order chi connectivity index (χ0) is 11.3. The lowest BCUT2D eigenvalue weighted by Gasteiger charge is -2.07. The van der Waals surface area contributed by atoms with E-state index in [4.69, 9.17) is 11.5 Å². The summed E-state index contributed by atoms with van der Waals surface area (Å²) in [4.78, 5) is 22.2. The highest BCUT2D eigenvalue weighted by atomic mass is 16.4. The Morgan fingerprint density at radius 1 is 1.53 bits per heavy atom. The first-order chi connectivity index (χ1) is 7.16. The number of hydrogen-bond acceptors (Lipinski definition) is 2. The molecular formula is C11H11NO3. The third kappa shape index (κ3) is 2.71. The minimum Gasteiger partial charge on any atom is -0.477 e. The van der Waals surface area contributed by atoms with Gasteiger partial charge in [-0.1, -0.05) is 6.07 Å². The highest BCUT2D eigenvalue weighted by Gasteiger charge is 2.09. The van der Waals surface area contributed by atoms with Gasteiger partial charge in [0.2, 0.25) is 0 Å². The average Bonchev–Trinajstić information content (AvgIpc) is 2.20. The smallest absolute Gasteiger partial charge is 0.352 e. The quantitative estimate of drug-likeness (QED) is 0.588. The van der Waals surface area contributed by atoms with Crippen molar-refractivity contribution < 1.29 is 9.90 Å². The van der Waals surface area contributed by atoms with Crippen LogP contribution in [0.15, 0.2) is 23.0 Å². The van der Waals surface area contributed by atoms with Crippen LogP contribution in [0.1, 0.15) is 23.3 Å². The van der Waals surface area contributed by atoms with E-state index in [9.17, 15) is 9.59 Å². The van der Waals surface area contributed by atoms with Crippen LogP contribution in [0, 0.1) is 12.3 Å². The number of carboxylic acids is 1. The third-order valence-corrected chi connectivity index (χ3v) is 1.97. The molecule has 0 aromatic carbocycles. The molecule has 0 radical (unpaired) electrons. The second-order valence-electron chi connectivity index (χ2n) is 3.01. The Morgan fingerprint density at radius 2 is 2.27 bits per heavy atom. The summed E-state index contributed by atoms with van der Waals surface area (Å²) in [7, 11) is 0. The van der Waals surface area contributed by atoms with Crippen molar-refractivity contribution >= 4 is 5.97 Å². The summed E-state index contributed by atoms with van der Waals surface area (Å²) < 4.78 is 1.22. The Balaban J connectivity index is 2.99. The van der Waals surface area contributed by atoms with Crippen LogP contribution in [0.4, 0.5) is 0 Å². The maximum atomic E-state index is 11.4. The van der Waals surface area contributed by atoms with Gasteiger partial charge in [-0.05, 0) is 12.5 Å². The molecule has 1 heterocycles. The minimum absolute atomic E-state index is 0.000443. The molecule has 0 fully saturated rings. The van der Waals surface area contributed by atoms with Gasteiger partial charge in [0.25, 0.3) is 5.56 Å². The zero-order valence-electron chi connectivity index (χ0n) is 8.14. The van der Waals surface area contributed by atoms with Crippen LogP contribution in [-0.4, -0.2) is 15.6 Å². The van der Waals surface area contributed by atoms with Crippen molar-refractivity contribution in [2.75, 3.05) is 0 Å². The van der Waals surface area contributed by atoms with Crippen molar-refractivity contribution in [3.8, 4) is 12.3 Å². The molecule has 4 nitrogen and oxygen atoms in total. The fourth-order valence-corrected chi connectivity index (χ4v) is 1.28. The van der Waals surface area contributed by atoms with Crippen LogP contribution < -0.4 is 5.56 Å². The van der Waals surface area contributed by atoms with Gasteiger partial charge < -0.3 is 9.67 Å². The molecule has 4 heteroatoms. The van der Waals surface area contributed by atoms with Crippen LogP contribution in [0.2, 0.25) is 0 Å². The fourth-order valence-electron chi connectivity index (χ4n) is 1.28. The van der Waals surface area contributed by atoms with Gasteiger partial charge in [0.1, 0.15) is 5.69 Å². The Hall–Kier alpha value is -2.02. The van der Waals surface area contributed by atoms with E-state index in [1.165, 1.54) is 22.8 Å². The lowest BCUT2D eigenvalue weighted by molar-refractivity contribution is 0.0683. The van der Waals surface area contributed by atoms with Crippen molar-refractivity contribution in [3.05, 3.63) is 34.2 Å². The molecule has 0 atom stereocenters. The van der Waals surface area contributed by atoms with Crippen LogP contribution in [0.3, 0.4) is 0 Å². The SMILES string of the molecule is C#CCCCn1c(C(=O)O)cccc1=O.